The molecule has 0 saturated heterocycles. The smallest absolute Gasteiger partial charge is 0.422 e. The Hall–Kier alpha value is -3.32. The molecule has 2 aromatic carbocycles. The zero-order chi connectivity index (χ0) is 26.0. The van der Waals surface area contributed by atoms with Crippen molar-refractivity contribution in [1.82, 2.24) is 0 Å². The van der Waals surface area contributed by atoms with Crippen LogP contribution in [-0.4, -0.2) is 18.5 Å². The molecule has 2 rings (SSSR count). The van der Waals surface area contributed by atoms with Gasteiger partial charge in [0.1, 0.15) is 11.3 Å². The minimum Gasteiger partial charge on any atom is -0.466 e. The first-order valence-corrected chi connectivity index (χ1v) is 9.14. The molecule has 0 aromatic heterocycles. The van der Waals surface area contributed by atoms with Gasteiger partial charge in [-0.25, -0.2) is 17.6 Å². The van der Waals surface area contributed by atoms with Crippen LogP contribution in [-0.2, 0) is 39.5 Å². The van der Waals surface area contributed by atoms with Crippen LogP contribution >= 0.6 is 0 Å². The predicted octanol–water partition coefficient (Wildman–Crippen LogP) is 5.57. The standard InChI is InChI=1S/C20H13F10NO3/c1-2-34-12(33)7-9-3-8(4-10(5-9)19(25,26)27)6-11(32)31-18-16(23)14(21)13(20(28,29)30)15(22)17(18)24/h3-5H,2,6-7H2,1H3,(H,31,32). The average molecular weight is 505 g/mol. The Labute approximate surface area is 184 Å². The highest BCUT2D eigenvalue weighted by molar-refractivity contribution is 5.92. The van der Waals surface area contributed by atoms with Crippen LogP contribution < -0.4 is 5.32 Å². The molecule has 1 amide bonds. The van der Waals surface area contributed by atoms with E-state index >= 15 is 0 Å². The van der Waals surface area contributed by atoms with Crippen molar-refractivity contribution >= 4 is 17.6 Å². The average Bonchev–Trinajstić information content (AvgIpc) is 2.68. The Morgan fingerprint density at radius 1 is 0.794 bits per heavy atom. The minimum absolute atomic E-state index is 0.0650. The number of carbonyl (C=O) groups is 2. The molecule has 4 nitrogen and oxygen atoms in total. The second kappa shape index (κ2) is 9.89. The van der Waals surface area contributed by atoms with Crippen molar-refractivity contribution in [3.8, 4) is 0 Å². The van der Waals surface area contributed by atoms with E-state index in [0.717, 1.165) is 6.07 Å². The first-order chi connectivity index (χ1) is 15.6. The van der Waals surface area contributed by atoms with Crippen molar-refractivity contribution < 1.29 is 58.2 Å². The molecular formula is C20H13F10NO3. The van der Waals surface area contributed by atoms with Gasteiger partial charge in [0, 0.05) is 0 Å². The summed E-state index contributed by atoms with van der Waals surface area (Å²) < 4.78 is 137. The number of hydrogen-bond donors (Lipinski definition) is 1. The van der Waals surface area contributed by atoms with E-state index in [9.17, 15) is 53.5 Å². The molecule has 0 aliphatic heterocycles. The molecule has 0 atom stereocenters. The van der Waals surface area contributed by atoms with E-state index < -0.39 is 82.7 Å². The normalized spacial score (nSPS) is 12.0. The third-order valence-electron chi connectivity index (χ3n) is 4.21. The maximum absolute atomic E-state index is 13.9. The molecule has 0 saturated carbocycles. The lowest BCUT2D eigenvalue weighted by Gasteiger charge is -2.15. The van der Waals surface area contributed by atoms with Crippen LogP contribution in [0.1, 0.15) is 29.2 Å². The summed E-state index contributed by atoms with van der Waals surface area (Å²) in [5, 5.41) is 1.32. The van der Waals surface area contributed by atoms with Crippen LogP contribution in [0.2, 0.25) is 0 Å². The number of carbonyl (C=O) groups excluding carboxylic acids is 2. The second-order valence-corrected chi connectivity index (χ2v) is 6.75. The fourth-order valence-corrected chi connectivity index (χ4v) is 2.87. The zero-order valence-electron chi connectivity index (χ0n) is 16.9. The van der Waals surface area contributed by atoms with E-state index in [1.54, 1.807) is 0 Å². The van der Waals surface area contributed by atoms with Crippen LogP contribution in [0, 0.1) is 23.3 Å². The number of rotatable bonds is 6. The number of hydrogen-bond acceptors (Lipinski definition) is 3. The summed E-state index contributed by atoms with van der Waals surface area (Å²) in [7, 11) is 0. The van der Waals surface area contributed by atoms with E-state index in [4.69, 9.17) is 0 Å². The molecule has 0 fully saturated rings. The maximum atomic E-state index is 13.9. The summed E-state index contributed by atoms with van der Waals surface area (Å²) in [6.07, 6.45) is -12.4. The minimum atomic E-state index is -5.80. The number of alkyl halides is 6. The first kappa shape index (κ1) is 26.9. The molecule has 186 valence electrons. The van der Waals surface area contributed by atoms with Crippen LogP contribution in [0.4, 0.5) is 49.6 Å². The van der Waals surface area contributed by atoms with Crippen molar-refractivity contribution in [3.63, 3.8) is 0 Å². The van der Waals surface area contributed by atoms with Gasteiger partial charge >= 0.3 is 18.3 Å². The van der Waals surface area contributed by atoms with Gasteiger partial charge in [-0.15, -0.1) is 0 Å². The fourth-order valence-electron chi connectivity index (χ4n) is 2.87. The molecule has 0 aliphatic rings. The quantitative estimate of drug-likeness (QED) is 0.318. The van der Waals surface area contributed by atoms with Gasteiger partial charge in [0.25, 0.3) is 0 Å². The van der Waals surface area contributed by atoms with E-state index in [1.807, 2.05) is 0 Å². The Morgan fingerprint density at radius 2 is 1.29 bits per heavy atom. The van der Waals surface area contributed by atoms with Gasteiger partial charge in [-0.3, -0.25) is 9.59 Å². The Morgan fingerprint density at radius 3 is 1.74 bits per heavy atom. The Balaban J connectivity index is 2.39. The van der Waals surface area contributed by atoms with Crippen LogP contribution in [0.25, 0.3) is 0 Å². The highest BCUT2D eigenvalue weighted by Gasteiger charge is 2.42. The Bertz CT molecular complexity index is 1080. The molecule has 14 heteroatoms. The van der Waals surface area contributed by atoms with E-state index in [1.165, 1.54) is 12.2 Å². The summed E-state index contributed by atoms with van der Waals surface area (Å²) in [6, 6.07) is 2.03. The second-order valence-electron chi connectivity index (χ2n) is 6.75. The number of benzene rings is 2. The van der Waals surface area contributed by atoms with E-state index in [-0.39, 0.29) is 12.2 Å². The molecule has 1 N–H and O–H groups in total. The molecule has 2 aromatic rings. The van der Waals surface area contributed by atoms with E-state index in [0.29, 0.717) is 12.1 Å². The predicted molar refractivity (Wildman–Crippen MR) is 95.4 cm³/mol. The summed E-state index contributed by atoms with van der Waals surface area (Å²) in [5.74, 6) is -13.2. The van der Waals surface area contributed by atoms with Crippen molar-refractivity contribution in [2.24, 2.45) is 0 Å². The largest absolute Gasteiger partial charge is 0.466 e. The molecular weight excluding hydrogens is 492 g/mol. The van der Waals surface area contributed by atoms with Crippen LogP contribution in [0.3, 0.4) is 0 Å². The van der Waals surface area contributed by atoms with Gasteiger partial charge in [0.05, 0.1) is 25.0 Å². The lowest BCUT2D eigenvalue weighted by atomic mass is 10.0. The van der Waals surface area contributed by atoms with Crippen LogP contribution in [0.5, 0.6) is 0 Å². The maximum Gasteiger partial charge on any atom is 0.422 e. The molecule has 0 bridgehead atoms. The molecule has 0 heterocycles. The molecule has 34 heavy (non-hydrogen) atoms. The third kappa shape index (κ3) is 6.17. The number of anilines is 1. The first-order valence-electron chi connectivity index (χ1n) is 9.14. The SMILES string of the molecule is CCOC(=O)Cc1cc(CC(=O)Nc2c(F)c(F)c(C(F)(F)F)c(F)c2F)cc(C(F)(F)F)c1. The fraction of sp³-hybridized carbons (Fsp3) is 0.300. The molecule has 0 aliphatic carbocycles. The molecule has 0 unspecified atom stereocenters. The summed E-state index contributed by atoms with van der Waals surface area (Å²) in [5.41, 5.74) is -6.71. The highest BCUT2D eigenvalue weighted by Crippen LogP contribution is 2.38. The summed E-state index contributed by atoms with van der Waals surface area (Å²) in [6.45, 7) is 1.38. The summed E-state index contributed by atoms with van der Waals surface area (Å²) in [4.78, 5) is 23.7. The number of esters is 1. The number of halogens is 10. The molecule has 0 radical (unpaired) electrons. The van der Waals surface area contributed by atoms with Crippen molar-refractivity contribution in [2.45, 2.75) is 32.1 Å². The number of amides is 1. The van der Waals surface area contributed by atoms with Gasteiger partial charge in [-0.1, -0.05) is 6.07 Å². The Kier molecular flexibility index (Phi) is 7.83. The zero-order valence-corrected chi connectivity index (χ0v) is 16.9. The number of nitrogens with one attached hydrogen (secondary N) is 1. The number of ether oxygens (including phenoxy) is 1. The topological polar surface area (TPSA) is 55.4 Å². The van der Waals surface area contributed by atoms with Crippen LogP contribution in [0.15, 0.2) is 18.2 Å². The van der Waals surface area contributed by atoms with E-state index in [2.05, 4.69) is 4.74 Å². The van der Waals surface area contributed by atoms with Gasteiger partial charge in [0.15, 0.2) is 23.3 Å². The molecule has 0 spiro atoms. The highest BCUT2D eigenvalue weighted by atomic mass is 19.4. The lowest BCUT2D eigenvalue weighted by Crippen LogP contribution is -2.21. The summed E-state index contributed by atoms with van der Waals surface area (Å²) >= 11 is 0. The lowest BCUT2D eigenvalue weighted by molar-refractivity contribution is -0.143. The van der Waals surface area contributed by atoms with Gasteiger partial charge in [-0.2, -0.15) is 26.3 Å². The monoisotopic (exact) mass is 505 g/mol. The third-order valence-corrected chi connectivity index (χ3v) is 4.21. The van der Waals surface area contributed by atoms with Gasteiger partial charge in [-0.05, 0) is 30.2 Å². The van der Waals surface area contributed by atoms with Gasteiger partial charge in [0.2, 0.25) is 5.91 Å². The van der Waals surface area contributed by atoms with Gasteiger partial charge < -0.3 is 10.1 Å². The van der Waals surface area contributed by atoms with Crippen molar-refractivity contribution in [2.75, 3.05) is 11.9 Å². The van der Waals surface area contributed by atoms with Crippen molar-refractivity contribution in [1.29, 1.82) is 0 Å². The van der Waals surface area contributed by atoms with Crippen molar-refractivity contribution in [3.05, 3.63) is 63.7 Å².